The Morgan fingerprint density at radius 1 is 1.23 bits per heavy atom. The first-order valence-electron chi connectivity index (χ1n) is 7.63. The number of hydrogen-bond donors (Lipinski definition) is 2. The molecule has 0 fully saturated rings. The minimum atomic E-state index is 0. The van der Waals surface area contributed by atoms with E-state index < -0.39 is 0 Å². The molecule has 8 heteroatoms. The number of halogens is 1. The first-order valence-corrected chi connectivity index (χ1v) is 7.63. The minimum absolute atomic E-state index is 0. The third-order valence-corrected chi connectivity index (χ3v) is 3.07. The van der Waals surface area contributed by atoms with E-state index in [-0.39, 0.29) is 24.0 Å². The molecule has 0 bridgehead atoms. The molecule has 7 nitrogen and oxygen atoms in total. The Labute approximate surface area is 150 Å². The zero-order valence-corrected chi connectivity index (χ0v) is 16.4. The molecule has 0 aliphatic rings. The molecule has 1 aromatic rings. The topological polar surface area (TPSA) is 76.4 Å². The predicted octanol–water partition coefficient (Wildman–Crippen LogP) is 1.61. The van der Waals surface area contributed by atoms with Gasteiger partial charge in [0.05, 0.1) is 0 Å². The summed E-state index contributed by atoms with van der Waals surface area (Å²) in [5.74, 6) is 2.57. The quantitative estimate of drug-likeness (QED) is 0.273. The van der Waals surface area contributed by atoms with Crippen LogP contribution in [-0.2, 0) is 18.3 Å². The maximum absolute atomic E-state index is 5.32. The minimum Gasteiger partial charge on any atom is -0.382 e. The van der Waals surface area contributed by atoms with Crippen LogP contribution in [0.5, 0.6) is 0 Å². The molecule has 0 saturated carbocycles. The molecular weight excluding hydrogens is 395 g/mol. The van der Waals surface area contributed by atoms with Crippen LogP contribution in [-0.4, -0.2) is 47.0 Å². The first-order chi connectivity index (χ1) is 10.2. The van der Waals surface area contributed by atoms with Crippen molar-refractivity contribution in [3.05, 3.63) is 11.6 Å². The highest BCUT2D eigenvalue weighted by Crippen LogP contribution is 1.99. The Balaban J connectivity index is 0.00000441. The SMILES string of the molecule is CCCNC(=NCc1nnc(C)n1C)NCCCOCC.I. The summed E-state index contributed by atoms with van der Waals surface area (Å²) in [7, 11) is 1.95. The second kappa shape index (κ2) is 12.6. The summed E-state index contributed by atoms with van der Waals surface area (Å²) in [5.41, 5.74) is 0. The third-order valence-electron chi connectivity index (χ3n) is 3.07. The number of guanidine groups is 1. The summed E-state index contributed by atoms with van der Waals surface area (Å²) >= 11 is 0. The summed E-state index contributed by atoms with van der Waals surface area (Å²) in [6.45, 7) is 9.86. The van der Waals surface area contributed by atoms with Crippen LogP contribution in [0.1, 0.15) is 38.3 Å². The molecule has 128 valence electrons. The number of aryl methyl sites for hydroxylation is 1. The van der Waals surface area contributed by atoms with Gasteiger partial charge in [-0.1, -0.05) is 6.92 Å². The Morgan fingerprint density at radius 3 is 2.55 bits per heavy atom. The average molecular weight is 424 g/mol. The standard InChI is InChI=1S/C14H28N6O.HI/c1-5-8-15-14(16-9-7-10-21-6-2)17-11-13-19-18-12(3)20(13)4;/h5-11H2,1-4H3,(H2,15,16,17);1H. The van der Waals surface area contributed by atoms with Gasteiger partial charge in [0, 0.05) is 33.4 Å². The highest BCUT2D eigenvalue weighted by molar-refractivity contribution is 14.0. The lowest BCUT2D eigenvalue weighted by Crippen LogP contribution is -2.38. The van der Waals surface area contributed by atoms with Crippen molar-refractivity contribution >= 4 is 29.9 Å². The summed E-state index contributed by atoms with van der Waals surface area (Å²) in [4.78, 5) is 4.55. The normalized spacial score (nSPS) is 11.2. The van der Waals surface area contributed by atoms with Crippen LogP contribution in [0.4, 0.5) is 0 Å². The molecule has 0 spiro atoms. The van der Waals surface area contributed by atoms with Crippen LogP contribution in [0.25, 0.3) is 0 Å². The van der Waals surface area contributed by atoms with Gasteiger partial charge in [0.1, 0.15) is 12.4 Å². The number of hydrogen-bond acceptors (Lipinski definition) is 4. The molecule has 1 aromatic heterocycles. The van der Waals surface area contributed by atoms with E-state index in [0.29, 0.717) is 6.54 Å². The largest absolute Gasteiger partial charge is 0.382 e. The molecule has 0 radical (unpaired) electrons. The fourth-order valence-electron chi connectivity index (χ4n) is 1.68. The van der Waals surface area contributed by atoms with Crippen LogP contribution in [0.15, 0.2) is 4.99 Å². The summed E-state index contributed by atoms with van der Waals surface area (Å²) in [6.07, 6.45) is 2.02. The molecule has 0 unspecified atom stereocenters. The number of rotatable bonds is 9. The average Bonchev–Trinajstić information content (AvgIpc) is 2.80. The van der Waals surface area contributed by atoms with Crippen molar-refractivity contribution in [2.24, 2.45) is 12.0 Å². The molecule has 0 aliphatic carbocycles. The van der Waals surface area contributed by atoms with E-state index in [0.717, 1.165) is 56.8 Å². The van der Waals surface area contributed by atoms with E-state index in [1.807, 2.05) is 25.5 Å². The molecule has 0 atom stereocenters. The Kier molecular flexibility index (Phi) is 12.1. The van der Waals surface area contributed by atoms with Crippen LogP contribution in [0.2, 0.25) is 0 Å². The van der Waals surface area contributed by atoms with Gasteiger partial charge in [-0.15, -0.1) is 34.2 Å². The van der Waals surface area contributed by atoms with Gasteiger partial charge < -0.3 is 19.9 Å². The van der Waals surface area contributed by atoms with Crippen LogP contribution < -0.4 is 10.6 Å². The lowest BCUT2D eigenvalue weighted by atomic mass is 10.4. The lowest BCUT2D eigenvalue weighted by molar-refractivity contribution is 0.145. The van der Waals surface area contributed by atoms with Crippen LogP contribution in [0, 0.1) is 6.92 Å². The predicted molar refractivity (Wildman–Crippen MR) is 99.7 cm³/mol. The number of aliphatic imine (C=N–C) groups is 1. The molecule has 1 heterocycles. The van der Waals surface area contributed by atoms with E-state index in [4.69, 9.17) is 4.74 Å². The maximum Gasteiger partial charge on any atom is 0.191 e. The number of aromatic nitrogens is 3. The Hall–Kier alpha value is -0.900. The van der Waals surface area contributed by atoms with Crippen molar-refractivity contribution in [3.8, 4) is 0 Å². The van der Waals surface area contributed by atoms with Crippen molar-refractivity contribution in [1.82, 2.24) is 25.4 Å². The molecule has 0 aliphatic heterocycles. The Bertz CT molecular complexity index is 435. The monoisotopic (exact) mass is 424 g/mol. The fraction of sp³-hybridized carbons (Fsp3) is 0.786. The molecule has 1 rings (SSSR count). The molecular formula is C14H29IN6O. The van der Waals surface area contributed by atoms with Gasteiger partial charge in [-0.25, -0.2) is 4.99 Å². The Morgan fingerprint density at radius 2 is 1.95 bits per heavy atom. The zero-order chi connectivity index (χ0) is 15.5. The van der Waals surface area contributed by atoms with Gasteiger partial charge in [-0.3, -0.25) is 0 Å². The van der Waals surface area contributed by atoms with E-state index in [1.165, 1.54) is 0 Å². The summed E-state index contributed by atoms with van der Waals surface area (Å²) in [6, 6.07) is 0. The molecule has 22 heavy (non-hydrogen) atoms. The zero-order valence-electron chi connectivity index (χ0n) is 14.1. The van der Waals surface area contributed by atoms with Crippen molar-refractivity contribution in [2.45, 2.75) is 40.2 Å². The highest BCUT2D eigenvalue weighted by atomic mass is 127. The van der Waals surface area contributed by atoms with E-state index in [2.05, 4.69) is 32.7 Å². The smallest absolute Gasteiger partial charge is 0.191 e. The molecule has 0 amide bonds. The summed E-state index contributed by atoms with van der Waals surface area (Å²) in [5, 5.41) is 14.8. The van der Waals surface area contributed by atoms with Gasteiger partial charge in [0.25, 0.3) is 0 Å². The van der Waals surface area contributed by atoms with Crippen LogP contribution in [0.3, 0.4) is 0 Å². The van der Waals surface area contributed by atoms with Crippen molar-refractivity contribution in [2.75, 3.05) is 26.3 Å². The lowest BCUT2D eigenvalue weighted by Gasteiger charge is -2.12. The van der Waals surface area contributed by atoms with E-state index >= 15 is 0 Å². The van der Waals surface area contributed by atoms with Gasteiger partial charge in [0.2, 0.25) is 0 Å². The van der Waals surface area contributed by atoms with Gasteiger partial charge >= 0.3 is 0 Å². The number of ether oxygens (including phenoxy) is 1. The maximum atomic E-state index is 5.32. The molecule has 0 saturated heterocycles. The van der Waals surface area contributed by atoms with Gasteiger partial charge in [0.15, 0.2) is 11.8 Å². The molecule has 0 aromatic carbocycles. The highest BCUT2D eigenvalue weighted by Gasteiger charge is 2.04. The number of nitrogens with one attached hydrogen (secondary N) is 2. The van der Waals surface area contributed by atoms with Crippen molar-refractivity contribution in [3.63, 3.8) is 0 Å². The van der Waals surface area contributed by atoms with Gasteiger partial charge in [-0.2, -0.15) is 0 Å². The van der Waals surface area contributed by atoms with E-state index in [9.17, 15) is 0 Å². The summed E-state index contributed by atoms with van der Waals surface area (Å²) < 4.78 is 7.28. The van der Waals surface area contributed by atoms with Gasteiger partial charge in [-0.05, 0) is 26.7 Å². The first kappa shape index (κ1) is 21.1. The van der Waals surface area contributed by atoms with Crippen molar-refractivity contribution < 1.29 is 4.74 Å². The second-order valence-electron chi connectivity index (χ2n) is 4.79. The van der Waals surface area contributed by atoms with Crippen LogP contribution >= 0.6 is 24.0 Å². The van der Waals surface area contributed by atoms with E-state index in [1.54, 1.807) is 0 Å². The number of nitrogens with zero attached hydrogens (tertiary/aromatic N) is 4. The fourth-order valence-corrected chi connectivity index (χ4v) is 1.68. The third kappa shape index (κ3) is 7.92. The second-order valence-corrected chi connectivity index (χ2v) is 4.79. The van der Waals surface area contributed by atoms with Crippen molar-refractivity contribution in [1.29, 1.82) is 0 Å². The molecule has 2 N–H and O–H groups in total.